The molecule has 1 aromatic carbocycles. The molecular formula is C18H18N2O4. The predicted octanol–water partition coefficient (Wildman–Crippen LogP) is 2.47. The number of aliphatic hydroxyl groups excluding tert-OH is 1. The third-order valence-corrected chi connectivity index (χ3v) is 3.69. The van der Waals surface area contributed by atoms with Gasteiger partial charge in [0, 0.05) is 30.9 Å². The van der Waals surface area contributed by atoms with E-state index in [1.165, 1.54) is 4.90 Å². The number of nitrogens with zero attached hydrogens (tertiary/aromatic N) is 2. The largest absolute Gasteiger partial charge is 0.493 e. The highest BCUT2D eigenvalue weighted by atomic mass is 16.5. The number of methoxy groups -OCH3 is 1. The summed E-state index contributed by atoms with van der Waals surface area (Å²) < 4.78 is 11.0. The van der Waals surface area contributed by atoms with Gasteiger partial charge < -0.3 is 19.2 Å². The third-order valence-electron chi connectivity index (χ3n) is 3.69. The highest BCUT2D eigenvalue weighted by molar-refractivity contribution is 5.97. The van der Waals surface area contributed by atoms with Crippen molar-refractivity contribution in [3.63, 3.8) is 0 Å². The lowest BCUT2D eigenvalue weighted by Gasteiger charge is -2.20. The lowest BCUT2D eigenvalue weighted by atomic mass is 10.2. The summed E-state index contributed by atoms with van der Waals surface area (Å²) in [6.07, 6.45) is 3.37. The van der Waals surface area contributed by atoms with Crippen LogP contribution in [0.4, 0.5) is 0 Å². The van der Waals surface area contributed by atoms with Crippen LogP contribution < -0.4 is 4.74 Å². The molecule has 24 heavy (non-hydrogen) atoms. The van der Waals surface area contributed by atoms with Crippen LogP contribution >= 0.6 is 0 Å². The van der Waals surface area contributed by atoms with E-state index < -0.39 is 0 Å². The summed E-state index contributed by atoms with van der Waals surface area (Å²) in [6, 6.07) is 10.9. The number of benzene rings is 1. The van der Waals surface area contributed by atoms with Crippen LogP contribution in [0, 0.1) is 0 Å². The maximum atomic E-state index is 12.8. The summed E-state index contributed by atoms with van der Waals surface area (Å²) >= 11 is 0. The van der Waals surface area contributed by atoms with Gasteiger partial charge in [-0.25, -0.2) is 0 Å². The normalized spacial score (nSPS) is 10.8. The molecule has 1 N–H and O–H groups in total. The molecule has 0 atom stereocenters. The number of fused-ring (bicyclic) bond motifs is 1. The van der Waals surface area contributed by atoms with E-state index in [1.54, 1.807) is 31.6 Å². The Kier molecular flexibility index (Phi) is 4.77. The smallest absolute Gasteiger partial charge is 0.289 e. The molecule has 0 unspecified atom stereocenters. The highest BCUT2D eigenvalue weighted by Gasteiger charge is 2.21. The van der Waals surface area contributed by atoms with E-state index in [0.29, 0.717) is 17.9 Å². The van der Waals surface area contributed by atoms with Crippen LogP contribution in [-0.4, -0.2) is 41.2 Å². The van der Waals surface area contributed by atoms with Crippen molar-refractivity contribution in [3.8, 4) is 5.75 Å². The van der Waals surface area contributed by atoms with E-state index in [4.69, 9.17) is 9.15 Å². The van der Waals surface area contributed by atoms with Gasteiger partial charge in [-0.05, 0) is 23.8 Å². The number of pyridine rings is 1. The van der Waals surface area contributed by atoms with Gasteiger partial charge in [-0.1, -0.05) is 18.2 Å². The molecular weight excluding hydrogens is 308 g/mol. The van der Waals surface area contributed by atoms with Gasteiger partial charge in [0.15, 0.2) is 17.1 Å². The molecule has 6 heteroatoms. The average molecular weight is 326 g/mol. The molecule has 6 nitrogen and oxygen atoms in total. The van der Waals surface area contributed by atoms with Gasteiger partial charge in [0.1, 0.15) is 0 Å². The van der Waals surface area contributed by atoms with Crippen molar-refractivity contribution >= 4 is 16.9 Å². The monoisotopic (exact) mass is 326 g/mol. The zero-order valence-corrected chi connectivity index (χ0v) is 13.3. The Bertz CT molecular complexity index is 829. The zero-order chi connectivity index (χ0) is 16.9. The van der Waals surface area contributed by atoms with Crippen LogP contribution in [-0.2, 0) is 6.54 Å². The average Bonchev–Trinajstić information content (AvgIpc) is 3.06. The van der Waals surface area contributed by atoms with Crippen molar-refractivity contribution in [2.24, 2.45) is 0 Å². The number of amides is 1. The number of aromatic nitrogens is 1. The van der Waals surface area contributed by atoms with E-state index in [-0.39, 0.29) is 24.8 Å². The molecule has 0 saturated carbocycles. The zero-order valence-electron chi connectivity index (χ0n) is 13.3. The van der Waals surface area contributed by atoms with Crippen molar-refractivity contribution in [3.05, 3.63) is 60.1 Å². The summed E-state index contributed by atoms with van der Waals surface area (Å²) in [7, 11) is 1.55. The number of aliphatic hydroxyl groups is 1. The quantitative estimate of drug-likeness (QED) is 0.753. The number of para-hydroxylation sites is 1. The predicted molar refractivity (Wildman–Crippen MR) is 88.8 cm³/mol. The minimum absolute atomic E-state index is 0.129. The van der Waals surface area contributed by atoms with Crippen molar-refractivity contribution in [1.82, 2.24) is 9.88 Å². The number of rotatable bonds is 6. The Morgan fingerprint density at radius 3 is 2.92 bits per heavy atom. The van der Waals surface area contributed by atoms with E-state index >= 15 is 0 Å². The third kappa shape index (κ3) is 3.23. The fraction of sp³-hybridized carbons (Fsp3) is 0.222. The van der Waals surface area contributed by atoms with Crippen LogP contribution in [0.1, 0.15) is 16.1 Å². The molecule has 2 aromatic heterocycles. The van der Waals surface area contributed by atoms with Crippen LogP contribution in [0.3, 0.4) is 0 Å². The molecule has 0 bridgehead atoms. The molecule has 0 saturated heterocycles. The Labute approximate surface area is 139 Å². The van der Waals surface area contributed by atoms with Crippen molar-refractivity contribution in [1.29, 1.82) is 0 Å². The lowest BCUT2D eigenvalue weighted by molar-refractivity contribution is 0.0678. The Morgan fingerprint density at radius 2 is 2.21 bits per heavy atom. The second-order valence-electron chi connectivity index (χ2n) is 5.30. The second-order valence-corrected chi connectivity index (χ2v) is 5.30. The van der Waals surface area contributed by atoms with Crippen LogP contribution in [0.25, 0.3) is 11.0 Å². The fourth-order valence-electron chi connectivity index (χ4n) is 2.54. The summed E-state index contributed by atoms with van der Waals surface area (Å²) in [6.45, 7) is 0.429. The van der Waals surface area contributed by atoms with Gasteiger partial charge in [-0.15, -0.1) is 0 Å². The molecule has 3 aromatic rings. The van der Waals surface area contributed by atoms with Crippen molar-refractivity contribution in [2.75, 3.05) is 20.3 Å². The molecule has 2 heterocycles. The molecule has 0 aliphatic carbocycles. The Hall–Kier alpha value is -2.86. The van der Waals surface area contributed by atoms with Gasteiger partial charge >= 0.3 is 0 Å². The molecule has 0 aliphatic heterocycles. The van der Waals surface area contributed by atoms with Gasteiger partial charge in [0.2, 0.25) is 0 Å². The fourth-order valence-corrected chi connectivity index (χ4v) is 2.54. The standard InChI is InChI=1S/C18H18N2O4/c1-23-15-6-2-5-14-10-16(24-17(14)15)18(22)20(8-9-21)12-13-4-3-7-19-11-13/h2-7,10-11,21H,8-9,12H2,1H3. The molecule has 3 rings (SSSR count). The van der Waals surface area contributed by atoms with E-state index in [9.17, 15) is 9.90 Å². The maximum Gasteiger partial charge on any atom is 0.289 e. The molecule has 124 valence electrons. The Morgan fingerprint density at radius 1 is 1.33 bits per heavy atom. The first-order chi connectivity index (χ1) is 11.7. The molecule has 0 radical (unpaired) electrons. The first-order valence-corrected chi connectivity index (χ1v) is 7.58. The Balaban J connectivity index is 1.89. The minimum atomic E-state index is -0.286. The first kappa shape index (κ1) is 16.0. The molecule has 0 aliphatic rings. The van der Waals surface area contributed by atoms with E-state index in [1.807, 2.05) is 24.3 Å². The molecule has 1 amide bonds. The number of hydrogen-bond donors (Lipinski definition) is 1. The van der Waals surface area contributed by atoms with Gasteiger partial charge in [0.05, 0.1) is 13.7 Å². The second kappa shape index (κ2) is 7.14. The highest BCUT2D eigenvalue weighted by Crippen LogP contribution is 2.29. The topological polar surface area (TPSA) is 75.8 Å². The number of hydrogen-bond acceptors (Lipinski definition) is 5. The van der Waals surface area contributed by atoms with Gasteiger partial charge in [-0.2, -0.15) is 0 Å². The molecule has 0 fully saturated rings. The van der Waals surface area contributed by atoms with Crippen LogP contribution in [0.15, 0.2) is 53.2 Å². The minimum Gasteiger partial charge on any atom is -0.493 e. The maximum absolute atomic E-state index is 12.8. The summed E-state index contributed by atoms with van der Waals surface area (Å²) in [5.41, 5.74) is 1.42. The van der Waals surface area contributed by atoms with Gasteiger partial charge in [-0.3, -0.25) is 9.78 Å². The SMILES string of the molecule is COc1cccc2cc(C(=O)N(CCO)Cc3cccnc3)oc12. The van der Waals surface area contributed by atoms with Gasteiger partial charge in [0.25, 0.3) is 5.91 Å². The van der Waals surface area contributed by atoms with E-state index in [2.05, 4.69) is 4.98 Å². The number of furan rings is 1. The van der Waals surface area contributed by atoms with Crippen molar-refractivity contribution in [2.45, 2.75) is 6.54 Å². The molecule has 0 spiro atoms. The summed E-state index contributed by atoms with van der Waals surface area (Å²) in [5, 5.41) is 10.1. The van der Waals surface area contributed by atoms with Crippen molar-refractivity contribution < 1.29 is 19.1 Å². The number of ether oxygens (including phenoxy) is 1. The summed E-state index contributed by atoms with van der Waals surface area (Å²) in [4.78, 5) is 18.3. The first-order valence-electron chi connectivity index (χ1n) is 7.58. The van der Waals surface area contributed by atoms with Crippen LogP contribution in [0.5, 0.6) is 5.75 Å². The number of carbonyl (C=O) groups excluding carboxylic acids is 1. The summed E-state index contributed by atoms with van der Waals surface area (Å²) in [5.74, 6) is 0.505. The lowest BCUT2D eigenvalue weighted by Crippen LogP contribution is -2.32. The van der Waals surface area contributed by atoms with E-state index in [0.717, 1.165) is 10.9 Å². The number of carbonyl (C=O) groups is 1. The van der Waals surface area contributed by atoms with Crippen LogP contribution in [0.2, 0.25) is 0 Å².